The summed E-state index contributed by atoms with van der Waals surface area (Å²) in [4.78, 5) is 14.6. The zero-order valence-corrected chi connectivity index (χ0v) is 14.2. The maximum absolute atomic E-state index is 12.3. The largest absolute Gasteiger partial charge is 0.388 e. The van der Waals surface area contributed by atoms with E-state index in [1.165, 1.54) is 17.7 Å². The van der Waals surface area contributed by atoms with Crippen LogP contribution >= 0.6 is 11.3 Å². The predicted octanol–water partition coefficient (Wildman–Crippen LogP) is 4.04. The van der Waals surface area contributed by atoms with Crippen LogP contribution in [0, 0.1) is 0 Å². The van der Waals surface area contributed by atoms with Crippen molar-refractivity contribution in [3.8, 4) is 0 Å². The van der Waals surface area contributed by atoms with E-state index in [1.807, 2.05) is 36.4 Å². The second-order valence-electron chi connectivity index (χ2n) is 6.41. The van der Waals surface area contributed by atoms with Crippen LogP contribution in [-0.4, -0.2) is 17.6 Å². The van der Waals surface area contributed by atoms with Gasteiger partial charge in [0.25, 0.3) is 5.91 Å². The molecule has 0 radical (unpaired) electrons. The molecule has 1 heterocycles. The molecule has 23 heavy (non-hydrogen) atoms. The van der Waals surface area contributed by atoms with Gasteiger partial charge in [-0.1, -0.05) is 31.0 Å². The SMILES string of the molecule is C[C@H](O)c1ccc(C2(CNC(=O)c3ccccc3)CCCC2)s1. The van der Waals surface area contributed by atoms with Crippen molar-refractivity contribution in [3.05, 3.63) is 57.8 Å². The molecule has 1 aliphatic rings. The average molecular weight is 329 g/mol. The van der Waals surface area contributed by atoms with Crippen molar-refractivity contribution in [2.45, 2.75) is 44.1 Å². The first-order chi connectivity index (χ1) is 11.1. The summed E-state index contributed by atoms with van der Waals surface area (Å²) >= 11 is 1.68. The van der Waals surface area contributed by atoms with Crippen LogP contribution in [0.15, 0.2) is 42.5 Å². The van der Waals surface area contributed by atoms with Gasteiger partial charge in [-0.05, 0) is 44.0 Å². The number of thiophene rings is 1. The number of rotatable bonds is 5. The minimum absolute atomic E-state index is 0.0100. The number of hydrogen-bond donors (Lipinski definition) is 2. The van der Waals surface area contributed by atoms with Gasteiger partial charge in [0, 0.05) is 27.3 Å². The summed E-state index contributed by atoms with van der Waals surface area (Å²) in [6.45, 7) is 2.47. The van der Waals surface area contributed by atoms with Gasteiger partial charge >= 0.3 is 0 Å². The van der Waals surface area contributed by atoms with Crippen LogP contribution in [0.1, 0.15) is 58.8 Å². The smallest absolute Gasteiger partial charge is 0.251 e. The Balaban J connectivity index is 1.75. The summed E-state index contributed by atoms with van der Waals surface area (Å²) in [6, 6.07) is 13.5. The molecule has 1 saturated carbocycles. The monoisotopic (exact) mass is 329 g/mol. The van der Waals surface area contributed by atoms with E-state index in [1.54, 1.807) is 18.3 Å². The van der Waals surface area contributed by atoms with E-state index in [4.69, 9.17) is 0 Å². The molecule has 1 fully saturated rings. The molecule has 0 bridgehead atoms. The zero-order chi connectivity index (χ0) is 16.3. The highest BCUT2D eigenvalue weighted by molar-refractivity contribution is 7.12. The van der Waals surface area contributed by atoms with Crippen molar-refractivity contribution in [3.63, 3.8) is 0 Å². The molecule has 4 heteroatoms. The molecule has 1 aromatic heterocycles. The number of carbonyl (C=O) groups is 1. The summed E-state index contributed by atoms with van der Waals surface area (Å²) in [5, 5.41) is 12.9. The Kier molecular flexibility index (Phi) is 4.83. The number of nitrogens with one attached hydrogen (secondary N) is 1. The molecule has 1 atom stereocenters. The molecule has 0 unspecified atom stereocenters. The van der Waals surface area contributed by atoms with E-state index >= 15 is 0 Å². The van der Waals surface area contributed by atoms with Crippen LogP contribution in [0.5, 0.6) is 0 Å². The molecule has 0 saturated heterocycles. The Morgan fingerprint density at radius 1 is 1.22 bits per heavy atom. The van der Waals surface area contributed by atoms with Crippen molar-refractivity contribution in [1.82, 2.24) is 5.32 Å². The van der Waals surface area contributed by atoms with Gasteiger partial charge in [0.2, 0.25) is 0 Å². The van der Waals surface area contributed by atoms with Crippen molar-refractivity contribution in [2.75, 3.05) is 6.54 Å². The van der Waals surface area contributed by atoms with E-state index in [0.717, 1.165) is 17.7 Å². The van der Waals surface area contributed by atoms with Crippen LogP contribution in [0.25, 0.3) is 0 Å². The summed E-state index contributed by atoms with van der Waals surface area (Å²) < 4.78 is 0. The molecule has 0 aliphatic heterocycles. The molecular weight excluding hydrogens is 306 g/mol. The summed E-state index contributed by atoms with van der Waals surface area (Å²) in [6.07, 6.45) is 4.17. The van der Waals surface area contributed by atoms with Gasteiger partial charge in [0.15, 0.2) is 0 Å². The number of benzene rings is 1. The molecule has 122 valence electrons. The molecule has 0 spiro atoms. The third-order valence-corrected chi connectivity index (χ3v) is 6.25. The van der Waals surface area contributed by atoms with Gasteiger partial charge < -0.3 is 10.4 Å². The highest BCUT2D eigenvalue weighted by atomic mass is 32.1. The van der Waals surface area contributed by atoms with Gasteiger partial charge in [-0.15, -0.1) is 11.3 Å². The number of amides is 1. The zero-order valence-electron chi connectivity index (χ0n) is 13.4. The first-order valence-electron chi connectivity index (χ1n) is 8.22. The van der Waals surface area contributed by atoms with Gasteiger partial charge in [-0.25, -0.2) is 0 Å². The van der Waals surface area contributed by atoms with E-state index in [9.17, 15) is 9.90 Å². The van der Waals surface area contributed by atoms with E-state index in [0.29, 0.717) is 12.1 Å². The summed E-state index contributed by atoms with van der Waals surface area (Å²) in [5.41, 5.74) is 0.735. The highest BCUT2D eigenvalue weighted by Gasteiger charge is 2.37. The second-order valence-corrected chi connectivity index (χ2v) is 7.53. The fourth-order valence-corrected chi connectivity index (χ4v) is 4.55. The fraction of sp³-hybridized carbons (Fsp3) is 0.421. The van der Waals surface area contributed by atoms with Crippen LogP contribution in [0.2, 0.25) is 0 Å². The Morgan fingerprint density at radius 3 is 2.52 bits per heavy atom. The normalized spacial score (nSPS) is 17.8. The Morgan fingerprint density at radius 2 is 1.91 bits per heavy atom. The Hall–Kier alpha value is -1.65. The summed E-state index contributed by atoms with van der Waals surface area (Å²) in [7, 11) is 0. The average Bonchev–Trinajstić information content (AvgIpc) is 3.23. The lowest BCUT2D eigenvalue weighted by Gasteiger charge is -2.28. The van der Waals surface area contributed by atoms with Gasteiger partial charge in [0.1, 0.15) is 0 Å². The van der Waals surface area contributed by atoms with Crippen LogP contribution < -0.4 is 5.32 Å². The van der Waals surface area contributed by atoms with Gasteiger partial charge in [-0.3, -0.25) is 4.79 Å². The lowest BCUT2D eigenvalue weighted by atomic mass is 9.84. The lowest BCUT2D eigenvalue weighted by Crippen LogP contribution is -2.38. The van der Waals surface area contributed by atoms with Gasteiger partial charge in [0.05, 0.1) is 6.10 Å². The first kappa shape index (κ1) is 16.2. The fourth-order valence-electron chi connectivity index (χ4n) is 3.37. The minimum Gasteiger partial charge on any atom is -0.388 e. The Bertz CT molecular complexity index is 657. The van der Waals surface area contributed by atoms with Crippen LogP contribution in [0.3, 0.4) is 0 Å². The summed E-state index contributed by atoms with van der Waals surface area (Å²) in [5.74, 6) is -0.0100. The maximum Gasteiger partial charge on any atom is 0.251 e. The number of carbonyl (C=O) groups excluding carboxylic acids is 1. The molecular formula is C19H23NO2S. The topological polar surface area (TPSA) is 49.3 Å². The Labute approximate surface area is 141 Å². The maximum atomic E-state index is 12.3. The van der Waals surface area contributed by atoms with Crippen molar-refractivity contribution >= 4 is 17.2 Å². The highest BCUT2D eigenvalue weighted by Crippen LogP contribution is 2.44. The predicted molar refractivity (Wildman–Crippen MR) is 93.9 cm³/mol. The third kappa shape index (κ3) is 3.48. The molecule has 1 aliphatic carbocycles. The van der Waals surface area contributed by atoms with Crippen molar-refractivity contribution in [2.24, 2.45) is 0 Å². The van der Waals surface area contributed by atoms with Crippen LogP contribution in [0.4, 0.5) is 0 Å². The standard InChI is InChI=1S/C19H23NO2S/c1-14(21)16-9-10-17(23-16)19(11-5-6-12-19)13-20-18(22)15-7-3-2-4-8-15/h2-4,7-10,14,21H,5-6,11-13H2,1H3,(H,20,22)/t14-/m0/s1. The molecule has 1 amide bonds. The first-order valence-corrected chi connectivity index (χ1v) is 9.04. The molecule has 3 rings (SSSR count). The molecule has 2 N–H and O–H groups in total. The number of aliphatic hydroxyl groups is 1. The minimum atomic E-state index is -0.425. The van der Waals surface area contributed by atoms with E-state index in [-0.39, 0.29) is 11.3 Å². The lowest BCUT2D eigenvalue weighted by molar-refractivity contribution is 0.0943. The number of hydrogen-bond acceptors (Lipinski definition) is 3. The number of aliphatic hydroxyl groups excluding tert-OH is 1. The second kappa shape index (κ2) is 6.85. The quantitative estimate of drug-likeness (QED) is 0.869. The third-order valence-electron chi connectivity index (χ3n) is 4.75. The molecule has 1 aromatic carbocycles. The van der Waals surface area contributed by atoms with Gasteiger partial charge in [-0.2, -0.15) is 0 Å². The van der Waals surface area contributed by atoms with E-state index < -0.39 is 6.10 Å². The molecule has 3 nitrogen and oxygen atoms in total. The van der Waals surface area contributed by atoms with Crippen LogP contribution in [-0.2, 0) is 5.41 Å². The van der Waals surface area contributed by atoms with Crippen molar-refractivity contribution < 1.29 is 9.90 Å². The molecule has 2 aromatic rings. The van der Waals surface area contributed by atoms with Crippen molar-refractivity contribution in [1.29, 1.82) is 0 Å². The van der Waals surface area contributed by atoms with E-state index in [2.05, 4.69) is 11.4 Å².